The third-order valence-corrected chi connectivity index (χ3v) is 5.22. The SMILES string of the molecule is Cn1cc(CN2CCC(Cn3cnc(C(C)(C)C)cc3=O)CC2)cnc1=O. The summed E-state index contributed by atoms with van der Waals surface area (Å²) in [6.45, 7) is 9.69. The van der Waals surface area contributed by atoms with Crippen LogP contribution in [0.5, 0.6) is 0 Å². The molecule has 2 aromatic heterocycles. The van der Waals surface area contributed by atoms with Gasteiger partial charge in [-0.2, -0.15) is 0 Å². The van der Waals surface area contributed by atoms with Gasteiger partial charge in [-0.05, 0) is 31.8 Å². The summed E-state index contributed by atoms with van der Waals surface area (Å²) in [5, 5.41) is 0. The lowest BCUT2D eigenvalue weighted by Crippen LogP contribution is -2.36. The number of likely N-dealkylation sites (tertiary alicyclic amines) is 1. The molecule has 0 bridgehead atoms. The first-order valence-electron chi connectivity index (χ1n) is 9.53. The van der Waals surface area contributed by atoms with E-state index in [9.17, 15) is 9.59 Å². The van der Waals surface area contributed by atoms with Crippen molar-refractivity contribution in [2.75, 3.05) is 13.1 Å². The van der Waals surface area contributed by atoms with Crippen LogP contribution in [0.25, 0.3) is 0 Å². The Bertz CT molecular complexity index is 902. The fraction of sp³-hybridized carbons (Fsp3) is 0.600. The van der Waals surface area contributed by atoms with Gasteiger partial charge >= 0.3 is 5.69 Å². The van der Waals surface area contributed by atoms with Gasteiger partial charge in [-0.25, -0.2) is 14.8 Å². The zero-order valence-corrected chi connectivity index (χ0v) is 16.7. The van der Waals surface area contributed by atoms with Crippen LogP contribution in [0.15, 0.2) is 34.4 Å². The molecule has 0 amide bonds. The quantitative estimate of drug-likeness (QED) is 0.815. The molecule has 1 aliphatic heterocycles. The Morgan fingerprint density at radius 3 is 2.44 bits per heavy atom. The van der Waals surface area contributed by atoms with E-state index in [1.165, 1.54) is 4.57 Å². The van der Waals surface area contributed by atoms with Crippen molar-refractivity contribution in [3.63, 3.8) is 0 Å². The number of rotatable bonds is 4. The van der Waals surface area contributed by atoms with E-state index >= 15 is 0 Å². The second kappa shape index (κ2) is 7.76. The minimum atomic E-state index is -0.228. The van der Waals surface area contributed by atoms with Crippen LogP contribution in [-0.4, -0.2) is 37.1 Å². The predicted octanol–water partition coefficient (Wildman–Crippen LogP) is 1.55. The molecule has 0 aliphatic carbocycles. The summed E-state index contributed by atoms with van der Waals surface area (Å²) < 4.78 is 3.26. The summed E-state index contributed by atoms with van der Waals surface area (Å²) in [5.41, 5.74) is 1.58. The molecule has 0 N–H and O–H groups in total. The fourth-order valence-electron chi connectivity index (χ4n) is 3.48. The van der Waals surface area contributed by atoms with Gasteiger partial charge < -0.3 is 4.57 Å². The van der Waals surface area contributed by atoms with Gasteiger partial charge in [0.2, 0.25) is 0 Å². The lowest BCUT2D eigenvalue weighted by Gasteiger charge is -2.32. The van der Waals surface area contributed by atoms with Crippen LogP contribution in [0.1, 0.15) is 44.9 Å². The highest BCUT2D eigenvalue weighted by atomic mass is 16.1. The van der Waals surface area contributed by atoms with Crippen LogP contribution in [0, 0.1) is 5.92 Å². The van der Waals surface area contributed by atoms with Gasteiger partial charge in [0.25, 0.3) is 5.56 Å². The standard InChI is InChI=1S/C20H29N5O2/c1-20(2,3)17-9-18(26)25(14-22-17)13-15-5-7-24(8-6-15)12-16-10-21-19(27)23(4)11-16/h9-11,14-15H,5-8,12-13H2,1-4H3. The minimum absolute atomic E-state index is 0.0358. The zero-order chi connectivity index (χ0) is 19.6. The molecule has 0 saturated carbocycles. The number of hydrogen-bond donors (Lipinski definition) is 0. The van der Waals surface area contributed by atoms with Gasteiger partial charge in [-0.3, -0.25) is 14.3 Å². The third-order valence-electron chi connectivity index (χ3n) is 5.22. The van der Waals surface area contributed by atoms with Gasteiger partial charge in [0, 0.05) is 49.6 Å². The van der Waals surface area contributed by atoms with E-state index in [0.29, 0.717) is 5.92 Å². The zero-order valence-electron chi connectivity index (χ0n) is 16.7. The second-order valence-corrected chi connectivity index (χ2v) is 8.59. The molecule has 0 radical (unpaired) electrons. The lowest BCUT2D eigenvalue weighted by molar-refractivity contribution is 0.165. The second-order valence-electron chi connectivity index (χ2n) is 8.59. The highest BCUT2D eigenvalue weighted by molar-refractivity contribution is 5.10. The Balaban J connectivity index is 1.56. The summed E-state index contributed by atoms with van der Waals surface area (Å²) in [7, 11) is 1.72. The molecule has 0 spiro atoms. The molecule has 1 saturated heterocycles. The first-order valence-corrected chi connectivity index (χ1v) is 9.53. The van der Waals surface area contributed by atoms with E-state index in [1.54, 1.807) is 30.2 Å². The summed E-state index contributed by atoms with van der Waals surface area (Å²) in [5.74, 6) is 0.486. The Hall–Kier alpha value is -2.28. The van der Waals surface area contributed by atoms with Gasteiger partial charge in [0.1, 0.15) is 0 Å². The maximum atomic E-state index is 12.4. The Kier molecular flexibility index (Phi) is 5.60. The first-order chi connectivity index (χ1) is 12.7. The topological polar surface area (TPSA) is 73.0 Å². The van der Waals surface area contributed by atoms with E-state index in [2.05, 4.69) is 35.6 Å². The molecule has 7 nitrogen and oxygen atoms in total. The van der Waals surface area contributed by atoms with E-state index in [4.69, 9.17) is 0 Å². The minimum Gasteiger partial charge on any atom is -0.302 e. The Labute approximate surface area is 159 Å². The molecule has 0 unspecified atom stereocenters. The maximum Gasteiger partial charge on any atom is 0.347 e. The highest BCUT2D eigenvalue weighted by Gasteiger charge is 2.21. The first kappa shape index (κ1) is 19.5. The van der Waals surface area contributed by atoms with Crippen LogP contribution < -0.4 is 11.2 Å². The average Bonchev–Trinajstić information content (AvgIpc) is 2.61. The smallest absolute Gasteiger partial charge is 0.302 e. The van der Waals surface area contributed by atoms with Crippen LogP contribution in [0.4, 0.5) is 0 Å². The predicted molar refractivity (Wildman–Crippen MR) is 105 cm³/mol. The van der Waals surface area contributed by atoms with Gasteiger partial charge in [0.05, 0.1) is 12.0 Å². The molecule has 0 aromatic carbocycles. The molecule has 0 atom stereocenters. The molecule has 1 fully saturated rings. The van der Waals surface area contributed by atoms with Gasteiger partial charge in [0.15, 0.2) is 0 Å². The summed E-state index contributed by atoms with van der Waals surface area (Å²) in [6, 6.07) is 1.67. The number of aryl methyl sites for hydroxylation is 1. The molecule has 1 aliphatic rings. The van der Waals surface area contributed by atoms with Crippen molar-refractivity contribution in [3.8, 4) is 0 Å². The normalized spacial score (nSPS) is 16.6. The van der Waals surface area contributed by atoms with Gasteiger partial charge in [-0.15, -0.1) is 0 Å². The van der Waals surface area contributed by atoms with E-state index in [-0.39, 0.29) is 16.7 Å². The van der Waals surface area contributed by atoms with E-state index in [1.807, 2.05) is 6.20 Å². The number of aromatic nitrogens is 4. The van der Waals surface area contributed by atoms with Crippen molar-refractivity contribution in [1.29, 1.82) is 0 Å². The molecule has 3 heterocycles. The molecule has 2 aromatic rings. The highest BCUT2D eigenvalue weighted by Crippen LogP contribution is 2.21. The van der Waals surface area contributed by atoms with Crippen molar-refractivity contribution in [2.45, 2.75) is 52.1 Å². The Morgan fingerprint density at radius 1 is 1.15 bits per heavy atom. The summed E-state index contributed by atoms with van der Waals surface area (Å²) >= 11 is 0. The van der Waals surface area contributed by atoms with Crippen molar-refractivity contribution in [1.82, 2.24) is 24.0 Å². The van der Waals surface area contributed by atoms with Crippen molar-refractivity contribution in [2.24, 2.45) is 13.0 Å². The van der Waals surface area contributed by atoms with Crippen molar-refractivity contribution < 1.29 is 0 Å². The number of hydrogen-bond acceptors (Lipinski definition) is 5. The molecular weight excluding hydrogens is 342 g/mol. The summed E-state index contributed by atoms with van der Waals surface area (Å²) in [6.07, 6.45) is 7.31. The van der Waals surface area contributed by atoms with Gasteiger partial charge in [-0.1, -0.05) is 20.8 Å². The molecule has 7 heteroatoms. The molecular formula is C20H29N5O2. The average molecular weight is 371 g/mol. The number of nitrogens with zero attached hydrogens (tertiary/aromatic N) is 5. The van der Waals surface area contributed by atoms with Crippen molar-refractivity contribution in [3.05, 3.63) is 56.9 Å². The molecule has 146 valence electrons. The summed E-state index contributed by atoms with van der Waals surface area (Å²) in [4.78, 5) is 34.5. The van der Waals surface area contributed by atoms with Crippen LogP contribution in [0.2, 0.25) is 0 Å². The third kappa shape index (κ3) is 4.91. The number of piperidine rings is 1. The van der Waals surface area contributed by atoms with Crippen LogP contribution in [0.3, 0.4) is 0 Å². The van der Waals surface area contributed by atoms with Crippen LogP contribution >= 0.6 is 0 Å². The largest absolute Gasteiger partial charge is 0.347 e. The van der Waals surface area contributed by atoms with E-state index in [0.717, 1.165) is 50.3 Å². The fourth-order valence-corrected chi connectivity index (χ4v) is 3.48. The van der Waals surface area contributed by atoms with Crippen LogP contribution in [-0.2, 0) is 25.6 Å². The maximum absolute atomic E-state index is 12.4. The molecule has 27 heavy (non-hydrogen) atoms. The monoisotopic (exact) mass is 371 g/mol. The molecule has 3 rings (SSSR count). The Morgan fingerprint density at radius 2 is 1.85 bits per heavy atom. The van der Waals surface area contributed by atoms with E-state index < -0.39 is 0 Å². The van der Waals surface area contributed by atoms with Crippen molar-refractivity contribution >= 4 is 0 Å². The lowest BCUT2D eigenvalue weighted by atomic mass is 9.92.